The molecule has 0 saturated carbocycles. The van der Waals surface area contributed by atoms with E-state index in [9.17, 15) is 33.4 Å². The summed E-state index contributed by atoms with van der Waals surface area (Å²) in [7, 11) is -4.21. The van der Waals surface area contributed by atoms with Crippen LogP contribution < -0.4 is 14.8 Å². The first-order valence-corrected chi connectivity index (χ1v) is 13.0. The van der Waals surface area contributed by atoms with Crippen LogP contribution in [0, 0.1) is 21.4 Å². The number of nitriles is 1. The van der Waals surface area contributed by atoms with Gasteiger partial charge in [-0.15, -0.1) is 0 Å². The third-order valence-electron chi connectivity index (χ3n) is 4.70. The number of nitrogens with zero attached hydrogens (tertiary/aromatic N) is 2. The molecule has 2 amide bonds. The minimum absolute atomic E-state index is 0.0514. The van der Waals surface area contributed by atoms with Gasteiger partial charge in [0.25, 0.3) is 11.6 Å². The minimum Gasteiger partial charge on any atom is -0.378 e. The number of carbonyl (C=O) groups is 2. The highest BCUT2D eigenvalue weighted by atomic mass is 79.9. The highest BCUT2D eigenvalue weighted by molar-refractivity contribution is 9.10. The first kappa shape index (κ1) is 28.3. The molecule has 0 heterocycles. The number of hydrogen-bond donors (Lipinski definition) is 2. The lowest BCUT2D eigenvalue weighted by Crippen LogP contribution is -2.13. The van der Waals surface area contributed by atoms with Gasteiger partial charge in [-0.2, -0.15) is 13.7 Å². The molecule has 0 atom stereocenters. The maximum absolute atomic E-state index is 12.7. The van der Waals surface area contributed by atoms with Crippen molar-refractivity contribution in [3.05, 3.63) is 91.4 Å². The van der Waals surface area contributed by atoms with Crippen molar-refractivity contribution in [2.75, 3.05) is 10.6 Å². The summed E-state index contributed by atoms with van der Waals surface area (Å²) in [6, 6.07) is 15.0. The molecule has 14 heteroatoms. The zero-order valence-electron chi connectivity index (χ0n) is 19.3. The first-order chi connectivity index (χ1) is 17.9. The summed E-state index contributed by atoms with van der Waals surface area (Å²) < 4.78 is 30.7. The molecule has 38 heavy (non-hydrogen) atoms. The normalized spacial score (nSPS) is 11.3. The standard InChI is InChI=1S/C24H16BrClN4O7S/c1-14(31)28-17-3-6-19(7-4-17)38(35,36)37-23-9-2-15(11-20(23)25)10-16(13-27)24(32)29-18-5-8-21(26)22(12-18)30(33)34/h2-12H,1H3,(H,28,31)(H,29,32)/b16-10+. The van der Waals surface area contributed by atoms with Gasteiger partial charge in [0.1, 0.15) is 21.6 Å². The fourth-order valence-electron chi connectivity index (χ4n) is 2.99. The Morgan fingerprint density at radius 2 is 1.74 bits per heavy atom. The van der Waals surface area contributed by atoms with E-state index in [1.807, 2.05) is 0 Å². The second-order valence-corrected chi connectivity index (χ2v) is 10.3. The predicted molar refractivity (Wildman–Crippen MR) is 143 cm³/mol. The number of hydrogen-bond acceptors (Lipinski definition) is 8. The Morgan fingerprint density at radius 3 is 2.32 bits per heavy atom. The number of nitro benzene ring substituents is 1. The molecule has 0 radical (unpaired) electrons. The van der Waals surface area contributed by atoms with Gasteiger partial charge in [0.05, 0.1) is 9.40 Å². The Morgan fingerprint density at radius 1 is 1.08 bits per heavy atom. The summed E-state index contributed by atoms with van der Waals surface area (Å²) in [6.07, 6.45) is 1.24. The third kappa shape index (κ3) is 7.16. The Labute approximate surface area is 230 Å². The molecule has 0 bridgehead atoms. The molecule has 3 aromatic carbocycles. The summed E-state index contributed by atoms with van der Waals surface area (Å²) in [4.78, 5) is 33.9. The molecule has 3 aromatic rings. The SMILES string of the molecule is CC(=O)Nc1ccc(S(=O)(=O)Oc2ccc(/C=C(\C#N)C(=O)Nc3ccc(Cl)c([N+](=O)[O-])c3)cc2Br)cc1. The van der Waals surface area contributed by atoms with Crippen LogP contribution in [-0.2, 0) is 19.7 Å². The van der Waals surface area contributed by atoms with Gasteiger partial charge in [0.15, 0.2) is 5.75 Å². The summed E-state index contributed by atoms with van der Waals surface area (Å²) >= 11 is 8.98. The first-order valence-electron chi connectivity index (χ1n) is 10.4. The Hall–Kier alpha value is -4.25. The van der Waals surface area contributed by atoms with Crippen LogP contribution in [0.1, 0.15) is 12.5 Å². The molecule has 0 saturated heterocycles. The lowest BCUT2D eigenvalue weighted by atomic mass is 10.1. The van der Waals surface area contributed by atoms with Crippen LogP contribution >= 0.6 is 27.5 Å². The topological polar surface area (TPSA) is 168 Å². The maximum Gasteiger partial charge on any atom is 0.339 e. The fraction of sp³-hybridized carbons (Fsp3) is 0.0417. The number of halogens is 2. The predicted octanol–water partition coefficient (Wildman–Crippen LogP) is 5.28. The van der Waals surface area contributed by atoms with Gasteiger partial charge in [-0.1, -0.05) is 17.7 Å². The third-order valence-corrected chi connectivity index (χ3v) is 6.88. The number of benzene rings is 3. The van der Waals surface area contributed by atoms with Crippen molar-refractivity contribution in [3.63, 3.8) is 0 Å². The zero-order valence-corrected chi connectivity index (χ0v) is 22.4. The number of rotatable bonds is 8. The maximum atomic E-state index is 12.7. The van der Waals surface area contributed by atoms with E-state index in [4.69, 9.17) is 15.8 Å². The lowest BCUT2D eigenvalue weighted by molar-refractivity contribution is -0.384. The van der Waals surface area contributed by atoms with Crippen LogP contribution in [0.15, 0.2) is 75.6 Å². The van der Waals surface area contributed by atoms with Crippen LogP contribution in [0.4, 0.5) is 17.1 Å². The van der Waals surface area contributed by atoms with Crippen molar-refractivity contribution >= 4 is 72.6 Å². The average Bonchev–Trinajstić information content (AvgIpc) is 2.85. The second kappa shape index (κ2) is 11.9. The number of amides is 2. The van der Waals surface area contributed by atoms with Crippen LogP contribution in [0.25, 0.3) is 6.08 Å². The molecule has 0 aromatic heterocycles. The highest BCUT2D eigenvalue weighted by Gasteiger charge is 2.19. The zero-order chi connectivity index (χ0) is 28.0. The molecular weight excluding hydrogens is 604 g/mol. The van der Waals surface area contributed by atoms with Crippen LogP contribution in [-0.4, -0.2) is 25.2 Å². The van der Waals surface area contributed by atoms with Crippen molar-refractivity contribution in [3.8, 4) is 11.8 Å². The quantitative estimate of drug-likeness (QED) is 0.113. The Kier molecular flexibility index (Phi) is 8.84. The second-order valence-electron chi connectivity index (χ2n) is 7.48. The molecule has 0 spiro atoms. The van der Waals surface area contributed by atoms with Gasteiger partial charge in [-0.25, -0.2) is 0 Å². The van der Waals surface area contributed by atoms with Gasteiger partial charge in [0, 0.05) is 24.4 Å². The molecule has 0 fully saturated rings. The summed E-state index contributed by atoms with van der Waals surface area (Å²) in [5, 5.41) is 25.3. The number of nitro groups is 1. The van der Waals surface area contributed by atoms with Crippen molar-refractivity contribution in [1.29, 1.82) is 5.26 Å². The smallest absolute Gasteiger partial charge is 0.339 e. The van der Waals surface area contributed by atoms with Crippen LogP contribution in [0.3, 0.4) is 0 Å². The van der Waals surface area contributed by atoms with Gasteiger partial charge >= 0.3 is 10.1 Å². The monoisotopic (exact) mass is 618 g/mol. The van der Waals surface area contributed by atoms with Gasteiger partial charge in [-0.05, 0) is 76.1 Å². The minimum atomic E-state index is -4.21. The van der Waals surface area contributed by atoms with E-state index in [1.54, 1.807) is 6.07 Å². The Balaban J connectivity index is 1.78. The van der Waals surface area contributed by atoms with E-state index in [-0.39, 0.29) is 37.3 Å². The molecule has 0 unspecified atom stereocenters. The van der Waals surface area contributed by atoms with E-state index in [2.05, 4.69) is 26.6 Å². The molecule has 0 aliphatic heterocycles. The number of nitrogens with one attached hydrogen (secondary N) is 2. The van der Waals surface area contributed by atoms with Gasteiger partial charge in [-0.3, -0.25) is 19.7 Å². The number of carbonyl (C=O) groups excluding carboxylic acids is 2. The molecule has 11 nitrogen and oxygen atoms in total. The van der Waals surface area contributed by atoms with Crippen molar-refractivity contribution in [2.24, 2.45) is 0 Å². The average molecular weight is 620 g/mol. The van der Waals surface area contributed by atoms with Gasteiger partial charge < -0.3 is 14.8 Å². The summed E-state index contributed by atoms with van der Waals surface area (Å²) in [6.45, 7) is 1.32. The van der Waals surface area contributed by atoms with E-state index in [0.29, 0.717) is 11.3 Å². The van der Waals surface area contributed by atoms with Crippen molar-refractivity contribution in [2.45, 2.75) is 11.8 Å². The van der Waals surface area contributed by atoms with E-state index in [0.717, 1.165) is 6.07 Å². The fourth-order valence-corrected chi connectivity index (χ4v) is 4.71. The van der Waals surface area contributed by atoms with Crippen molar-refractivity contribution in [1.82, 2.24) is 0 Å². The highest BCUT2D eigenvalue weighted by Crippen LogP contribution is 2.31. The van der Waals surface area contributed by atoms with E-state index in [1.165, 1.54) is 67.6 Å². The molecule has 2 N–H and O–H groups in total. The molecule has 3 rings (SSSR count). The van der Waals surface area contributed by atoms with Gasteiger partial charge in [0.2, 0.25) is 5.91 Å². The molecule has 0 aliphatic rings. The molecular formula is C24H16BrClN4O7S. The molecule has 194 valence electrons. The largest absolute Gasteiger partial charge is 0.378 e. The summed E-state index contributed by atoms with van der Waals surface area (Å²) in [5.74, 6) is -1.18. The molecule has 0 aliphatic carbocycles. The number of anilines is 2. The van der Waals surface area contributed by atoms with Crippen LogP contribution in [0.2, 0.25) is 5.02 Å². The Bertz CT molecular complexity index is 1620. The summed E-state index contributed by atoms with van der Waals surface area (Å²) in [5.41, 5.74) is 0.100. The lowest BCUT2D eigenvalue weighted by Gasteiger charge is -2.10. The van der Waals surface area contributed by atoms with E-state index >= 15 is 0 Å². The van der Waals surface area contributed by atoms with E-state index < -0.39 is 26.6 Å². The van der Waals surface area contributed by atoms with Crippen LogP contribution in [0.5, 0.6) is 5.75 Å². The van der Waals surface area contributed by atoms with Crippen molar-refractivity contribution < 1.29 is 27.1 Å².